The Labute approximate surface area is 104 Å². The number of sulfone groups is 1. The summed E-state index contributed by atoms with van der Waals surface area (Å²) >= 11 is 5.61. The van der Waals surface area contributed by atoms with Gasteiger partial charge in [-0.3, -0.25) is 0 Å². The summed E-state index contributed by atoms with van der Waals surface area (Å²) in [6.45, 7) is 0. The Balaban J connectivity index is 2.35. The van der Waals surface area contributed by atoms with Crippen LogP contribution in [0.5, 0.6) is 0 Å². The molecule has 1 heterocycles. The number of hydrogen-bond acceptors (Lipinski definition) is 4. The average Bonchev–Trinajstić information content (AvgIpc) is 2.76. The Morgan fingerprint density at radius 1 is 1.29 bits per heavy atom. The number of nitrogens with zero attached hydrogens (tertiary/aromatic N) is 1. The predicted octanol–water partition coefficient (Wildman–Crippen LogP) is 2.48. The molecule has 0 saturated heterocycles. The minimum atomic E-state index is -3.17. The van der Waals surface area contributed by atoms with Gasteiger partial charge < -0.3 is 4.42 Å². The summed E-state index contributed by atoms with van der Waals surface area (Å²) in [6.07, 6.45) is 2.64. The maximum absolute atomic E-state index is 11.3. The van der Waals surface area contributed by atoms with Crippen LogP contribution in [0.1, 0.15) is 5.69 Å². The third-order valence-electron chi connectivity index (χ3n) is 2.22. The lowest BCUT2D eigenvalue weighted by Gasteiger charge is -1.99. The molecule has 0 aliphatic rings. The van der Waals surface area contributed by atoms with Crippen molar-refractivity contribution in [1.82, 2.24) is 4.98 Å². The molecule has 0 unspecified atom stereocenters. The first-order valence-corrected chi connectivity index (χ1v) is 7.24. The van der Waals surface area contributed by atoms with Gasteiger partial charge in [0.05, 0.1) is 16.5 Å². The molecule has 6 heteroatoms. The normalized spacial score (nSPS) is 11.6. The van der Waals surface area contributed by atoms with Gasteiger partial charge in [-0.2, -0.15) is 0 Å². The minimum absolute atomic E-state index is 0.269. The van der Waals surface area contributed by atoms with Crippen molar-refractivity contribution < 1.29 is 12.8 Å². The van der Waals surface area contributed by atoms with E-state index in [1.165, 1.54) is 24.7 Å². The summed E-state index contributed by atoms with van der Waals surface area (Å²) < 4.78 is 27.8. The highest BCUT2D eigenvalue weighted by molar-refractivity contribution is 7.90. The van der Waals surface area contributed by atoms with Crippen LogP contribution >= 0.6 is 11.6 Å². The first-order chi connectivity index (χ1) is 8.00. The van der Waals surface area contributed by atoms with E-state index in [0.717, 1.165) is 0 Å². The number of rotatable bonds is 3. The van der Waals surface area contributed by atoms with E-state index in [-0.39, 0.29) is 10.8 Å². The number of aromatic nitrogens is 1. The Hall–Kier alpha value is -1.33. The Kier molecular flexibility index (Phi) is 3.22. The van der Waals surface area contributed by atoms with E-state index >= 15 is 0 Å². The van der Waals surface area contributed by atoms with Crippen LogP contribution in [0.4, 0.5) is 0 Å². The van der Waals surface area contributed by atoms with Crippen molar-refractivity contribution in [2.75, 3.05) is 6.26 Å². The van der Waals surface area contributed by atoms with E-state index in [9.17, 15) is 8.42 Å². The Morgan fingerprint density at radius 2 is 1.94 bits per heavy atom. The SMILES string of the molecule is CS(=O)(=O)c1ccc(-c2nc(CCl)co2)cc1. The van der Waals surface area contributed by atoms with Crippen LogP contribution < -0.4 is 0 Å². The molecule has 4 nitrogen and oxygen atoms in total. The second-order valence-electron chi connectivity index (χ2n) is 3.57. The van der Waals surface area contributed by atoms with Crippen molar-refractivity contribution in [1.29, 1.82) is 0 Å². The molecular formula is C11H10ClNO3S. The quantitative estimate of drug-likeness (QED) is 0.805. The summed E-state index contributed by atoms with van der Waals surface area (Å²) in [4.78, 5) is 4.41. The molecule has 2 aromatic rings. The fourth-order valence-corrected chi connectivity index (χ4v) is 2.10. The van der Waals surface area contributed by atoms with Crippen LogP contribution in [-0.4, -0.2) is 19.7 Å². The van der Waals surface area contributed by atoms with Crippen LogP contribution in [0, 0.1) is 0 Å². The maximum atomic E-state index is 11.3. The number of halogens is 1. The standard InChI is InChI=1S/C11H10ClNO3S/c1-17(14,15)10-4-2-8(3-5-10)11-13-9(6-12)7-16-11/h2-5,7H,6H2,1H3. The van der Waals surface area contributed by atoms with Gasteiger partial charge in [-0.15, -0.1) is 11.6 Å². The molecule has 0 saturated carbocycles. The zero-order valence-electron chi connectivity index (χ0n) is 9.05. The van der Waals surface area contributed by atoms with Gasteiger partial charge in [0.25, 0.3) is 0 Å². The van der Waals surface area contributed by atoms with Gasteiger partial charge >= 0.3 is 0 Å². The number of hydrogen-bond donors (Lipinski definition) is 0. The second-order valence-corrected chi connectivity index (χ2v) is 5.86. The Bertz CT molecular complexity index is 616. The lowest BCUT2D eigenvalue weighted by atomic mass is 10.2. The van der Waals surface area contributed by atoms with E-state index in [1.807, 2.05) is 0 Å². The molecule has 90 valence electrons. The van der Waals surface area contributed by atoms with E-state index in [0.29, 0.717) is 17.1 Å². The number of benzene rings is 1. The van der Waals surface area contributed by atoms with E-state index in [4.69, 9.17) is 16.0 Å². The van der Waals surface area contributed by atoms with Crippen molar-refractivity contribution in [3.63, 3.8) is 0 Å². The van der Waals surface area contributed by atoms with Crippen molar-refractivity contribution in [2.45, 2.75) is 10.8 Å². The van der Waals surface area contributed by atoms with Crippen LogP contribution in [-0.2, 0) is 15.7 Å². The predicted molar refractivity (Wildman–Crippen MR) is 64.6 cm³/mol. The first-order valence-electron chi connectivity index (χ1n) is 4.81. The van der Waals surface area contributed by atoms with Crippen LogP contribution in [0.25, 0.3) is 11.5 Å². The molecule has 0 radical (unpaired) electrons. The zero-order valence-corrected chi connectivity index (χ0v) is 10.6. The molecule has 0 aliphatic carbocycles. The fraction of sp³-hybridized carbons (Fsp3) is 0.182. The van der Waals surface area contributed by atoms with Crippen molar-refractivity contribution >= 4 is 21.4 Å². The highest BCUT2D eigenvalue weighted by Gasteiger charge is 2.09. The first kappa shape index (κ1) is 12.1. The van der Waals surface area contributed by atoms with Crippen LogP contribution in [0.15, 0.2) is 39.8 Å². The van der Waals surface area contributed by atoms with Gasteiger partial charge in [-0.25, -0.2) is 13.4 Å². The third kappa shape index (κ3) is 2.68. The molecule has 0 fully saturated rings. The monoisotopic (exact) mass is 271 g/mol. The highest BCUT2D eigenvalue weighted by atomic mass is 35.5. The summed E-state index contributed by atoms with van der Waals surface area (Å²) in [6, 6.07) is 6.35. The molecule has 0 aliphatic heterocycles. The lowest BCUT2D eigenvalue weighted by molar-refractivity contribution is 0.573. The van der Waals surface area contributed by atoms with Crippen LogP contribution in [0.2, 0.25) is 0 Å². The number of alkyl halides is 1. The topological polar surface area (TPSA) is 60.2 Å². The van der Waals surface area contributed by atoms with Gasteiger partial charge in [-0.1, -0.05) is 0 Å². The van der Waals surface area contributed by atoms with Gasteiger partial charge in [-0.05, 0) is 24.3 Å². The second kappa shape index (κ2) is 4.50. The molecule has 17 heavy (non-hydrogen) atoms. The van der Waals surface area contributed by atoms with Crippen molar-refractivity contribution in [3.8, 4) is 11.5 Å². The largest absolute Gasteiger partial charge is 0.444 e. The molecule has 1 aromatic heterocycles. The summed E-state index contributed by atoms with van der Waals surface area (Å²) in [5, 5.41) is 0. The molecule has 0 atom stereocenters. The molecule has 0 amide bonds. The van der Waals surface area contributed by atoms with E-state index < -0.39 is 9.84 Å². The van der Waals surface area contributed by atoms with E-state index in [2.05, 4.69) is 4.98 Å². The summed E-state index contributed by atoms with van der Waals surface area (Å²) in [5.41, 5.74) is 1.36. The zero-order chi connectivity index (χ0) is 12.5. The van der Waals surface area contributed by atoms with Gasteiger partial charge in [0.2, 0.25) is 5.89 Å². The van der Waals surface area contributed by atoms with Gasteiger partial charge in [0.1, 0.15) is 6.26 Å². The maximum Gasteiger partial charge on any atom is 0.226 e. The van der Waals surface area contributed by atoms with Crippen LogP contribution in [0.3, 0.4) is 0 Å². The lowest BCUT2D eigenvalue weighted by Crippen LogP contribution is -1.96. The van der Waals surface area contributed by atoms with Crippen molar-refractivity contribution in [3.05, 3.63) is 36.2 Å². The smallest absolute Gasteiger partial charge is 0.226 e. The van der Waals surface area contributed by atoms with Crippen molar-refractivity contribution in [2.24, 2.45) is 0 Å². The third-order valence-corrected chi connectivity index (χ3v) is 3.62. The minimum Gasteiger partial charge on any atom is -0.444 e. The summed E-state index contributed by atoms with van der Waals surface area (Å²) in [5.74, 6) is 0.714. The highest BCUT2D eigenvalue weighted by Crippen LogP contribution is 2.21. The molecule has 0 N–H and O–H groups in total. The Morgan fingerprint density at radius 3 is 2.41 bits per heavy atom. The fourth-order valence-electron chi connectivity index (χ4n) is 1.35. The van der Waals surface area contributed by atoms with E-state index in [1.54, 1.807) is 12.1 Å². The average molecular weight is 272 g/mol. The molecular weight excluding hydrogens is 262 g/mol. The molecule has 0 bridgehead atoms. The summed E-state index contributed by atoms with van der Waals surface area (Å²) in [7, 11) is -3.17. The molecule has 1 aromatic carbocycles. The molecule has 0 spiro atoms. The molecule has 2 rings (SSSR count). The van der Waals surface area contributed by atoms with Gasteiger partial charge in [0, 0.05) is 11.8 Å². The number of oxazole rings is 1. The van der Waals surface area contributed by atoms with Gasteiger partial charge in [0.15, 0.2) is 9.84 Å².